The summed E-state index contributed by atoms with van der Waals surface area (Å²) in [7, 11) is 0. The number of nitrogens with zero attached hydrogens (tertiary/aromatic N) is 4. The molecular weight excluding hydrogens is 520 g/mol. The lowest BCUT2D eigenvalue weighted by atomic mass is 10.1. The molecule has 36 heavy (non-hydrogen) atoms. The molecule has 0 aliphatic rings. The number of fused-ring (bicyclic) bond motifs is 1. The van der Waals surface area contributed by atoms with E-state index in [2.05, 4.69) is 36.6 Å². The molecule has 0 aliphatic heterocycles. The van der Waals surface area contributed by atoms with Crippen molar-refractivity contribution in [3.05, 3.63) is 106 Å². The Morgan fingerprint density at radius 1 is 1.06 bits per heavy atom. The summed E-state index contributed by atoms with van der Waals surface area (Å²) < 4.78 is 2.42. The summed E-state index contributed by atoms with van der Waals surface area (Å²) in [5.74, 6) is 0.576. The molecule has 0 atom stereocenters. The summed E-state index contributed by atoms with van der Waals surface area (Å²) in [6.45, 7) is 0.456. The van der Waals surface area contributed by atoms with E-state index >= 15 is 0 Å². The van der Waals surface area contributed by atoms with Crippen molar-refractivity contribution in [1.29, 1.82) is 5.26 Å². The van der Waals surface area contributed by atoms with Gasteiger partial charge in [-0.2, -0.15) is 14.9 Å². The number of benzene rings is 3. The molecule has 8 nitrogen and oxygen atoms in total. The molecule has 9 heteroatoms. The summed E-state index contributed by atoms with van der Waals surface area (Å²) >= 11 is 3.49. The van der Waals surface area contributed by atoms with Crippen LogP contribution in [0.2, 0.25) is 0 Å². The maximum absolute atomic E-state index is 12.6. The van der Waals surface area contributed by atoms with E-state index in [1.807, 2.05) is 48.5 Å². The van der Waals surface area contributed by atoms with E-state index in [1.54, 1.807) is 47.1 Å². The van der Waals surface area contributed by atoms with Crippen molar-refractivity contribution in [3.63, 3.8) is 0 Å². The summed E-state index contributed by atoms with van der Waals surface area (Å²) in [5.41, 5.74) is 4.39. The van der Waals surface area contributed by atoms with Crippen molar-refractivity contribution < 1.29 is 9.90 Å². The highest BCUT2D eigenvalue weighted by Gasteiger charge is 2.14. The third-order valence-electron chi connectivity index (χ3n) is 5.54. The number of para-hydroxylation sites is 1. The van der Waals surface area contributed by atoms with Crippen LogP contribution in [0.1, 0.15) is 21.5 Å². The highest BCUT2D eigenvalue weighted by Crippen LogP contribution is 2.31. The van der Waals surface area contributed by atoms with Gasteiger partial charge in [0.25, 0.3) is 5.91 Å². The highest BCUT2D eigenvalue weighted by atomic mass is 79.9. The van der Waals surface area contributed by atoms with E-state index in [0.717, 1.165) is 10.0 Å². The maximum atomic E-state index is 12.6. The molecule has 0 saturated carbocycles. The highest BCUT2D eigenvalue weighted by molar-refractivity contribution is 9.10. The summed E-state index contributed by atoms with van der Waals surface area (Å²) in [4.78, 5) is 17.3. The van der Waals surface area contributed by atoms with Crippen LogP contribution in [0.4, 0.5) is 11.5 Å². The predicted molar refractivity (Wildman–Crippen MR) is 141 cm³/mol. The monoisotopic (exact) mass is 538 g/mol. The summed E-state index contributed by atoms with van der Waals surface area (Å²) in [6, 6.07) is 24.9. The normalized spacial score (nSPS) is 10.7. The number of aromatic nitrogens is 3. The number of hydrogen-bond donors (Lipinski definition) is 3. The molecule has 3 N–H and O–H groups in total. The third-order valence-corrected chi connectivity index (χ3v) is 6.10. The van der Waals surface area contributed by atoms with Crippen LogP contribution in [-0.4, -0.2) is 25.6 Å². The molecule has 0 aliphatic carbocycles. The van der Waals surface area contributed by atoms with Gasteiger partial charge < -0.3 is 15.7 Å². The number of aromatic hydroxyl groups is 1. The number of carbonyl (C=O) groups is 1. The smallest absolute Gasteiger partial charge is 0.255 e. The molecule has 0 radical (unpaired) electrons. The van der Waals surface area contributed by atoms with E-state index < -0.39 is 0 Å². The van der Waals surface area contributed by atoms with Crippen LogP contribution in [0.3, 0.4) is 0 Å². The number of phenolic OH excluding ortho intramolecular Hbond substituents is 1. The van der Waals surface area contributed by atoms with Gasteiger partial charge in [-0.05, 0) is 70.0 Å². The number of halogens is 1. The van der Waals surface area contributed by atoms with Gasteiger partial charge >= 0.3 is 0 Å². The van der Waals surface area contributed by atoms with E-state index in [0.29, 0.717) is 46.1 Å². The molecule has 5 aromatic rings. The van der Waals surface area contributed by atoms with Gasteiger partial charge in [0.15, 0.2) is 5.65 Å². The largest absolute Gasteiger partial charge is 0.507 e. The zero-order valence-corrected chi connectivity index (χ0v) is 20.4. The van der Waals surface area contributed by atoms with Crippen molar-refractivity contribution in [2.45, 2.75) is 6.54 Å². The molecular formula is C27H19BrN6O2. The van der Waals surface area contributed by atoms with Crippen LogP contribution in [0.5, 0.6) is 5.75 Å². The van der Waals surface area contributed by atoms with E-state index in [-0.39, 0.29) is 11.7 Å². The summed E-state index contributed by atoms with van der Waals surface area (Å²) in [6.07, 6.45) is 1.67. The first-order chi connectivity index (χ1) is 17.5. The minimum atomic E-state index is -0.255. The van der Waals surface area contributed by atoms with Gasteiger partial charge in [0, 0.05) is 29.4 Å². The number of phenols is 1. The molecule has 5 rings (SSSR count). The van der Waals surface area contributed by atoms with Gasteiger partial charge in [-0.3, -0.25) is 4.79 Å². The Balaban J connectivity index is 1.37. The van der Waals surface area contributed by atoms with Gasteiger partial charge in [-0.1, -0.05) is 24.3 Å². The number of nitriles is 1. The molecule has 0 saturated heterocycles. The molecule has 3 aromatic carbocycles. The van der Waals surface area contributed by atoms with E-state index in [1.165, 1.54) is 0 Å². The Kier molecular flexibility index (Phi) is 6.34. The second-order valence-corrected chi connectivity index (χ2v) is 8.82. The molecule has 0 bridgehead atoms. The van der Waals surface area contributed by atoms with Crippen LogP contribution >= 0.6 is 15.9 Å². The van der Waals surface area contributed by atoms with Crippen LogP contribution in [0.25, 0.3) is 16.9 Å². The first kappa shape index (κ1) is 23.1. The summed E-state index contributed by atoms with van der Waals surface area (Å²) in [5, 5.41) is 29.9. The Bertz CT molecular complexity index is 1620. The van der Waals surface area contributed by atoms with E-state index in [4.69, 9.17) is 5.26 Å². The Morgan fingerprint density at radius 3 is 2.64 bits per heavy atom. The molecule has 0 spiro atoms. The quantitative estimate of drug-likeness (QED) is 0.259. The molecule has 0 unspecified atom stereocenters. The van der Waals surface area contributed by atoms with Crippen LogP contribution in [0, 0.1) is 11.3 Å². The lowest BCUT2D eigenvalue weighted by molar-refractivity contribution is 0.102. The minimum absolute atomic E-state index is 0.140. The predicted octanol–water partition coefficient (Wildman–Crippen LogP) is 5.60. The van der Waals surface area contributed by atoms with Crippen LogP contribution < -0.4 is 10.6 Å². The number of hydrogen-bond acceptors (Lipinski definition) is 6. The van der Waals surface area contributed by atoms with Gasteiger partial charge in [0.2, 0.25) is 0 Å². The second kappa shape index (κ2) is 9.90. The van der Waals surface area contributed by atoms with E-state index in [9.17, 15) is 9.90 Å². The Labute approximate surface area is 215 Å². The molecule has 1 amide bonds. The maximum Gasteiger partial charge on any atom is 0.255 e. The average Bonchev–Trinajstić information content (AvgIpc) is 3.28. The number of rotatable bonds is 6. The fourth-order valence-corrected chi connectivity index (χ4v) is 4.09. The van der Waals surface area contributed by atoms with Crippen molar-refractivity contribution in [3.8, 4) is 23.1 Å². The number of anilines is 2. The third kappa shape index (κ3) is 4.76. The topological polar surface area (TPSA) is 115 Å². The molecule has 0 fully saturated rings. The first-order valence-corrected chi connectivity index (χ1v) is 11.8. The second-order valence-electron chi connectivity index (χ2n) is 7.97. The average molecular weight is 539 g/mol. The van der Waals surface area contributed by atoms with Crippen LogP contribution in [0.15, 0.2) is 89.5 Å². The lowest BCUT2D eigenvalue weighted by Gasteiger charge is -2.12. The zero-order valence-electron chi connectivity index (χ0n) is 18.8. The standard InChI is InChI=1S/C27H19BrN6O2/c28-22-16-31-34-25(13-23(33-26(22)34)21-6-1-2-7-24(21)35)30-15-18-4-3-5-20(12-18)32-27(36)19-10-8-17(14-29)9-11-19/h1-13,16,30,35H,15H2,(H,32,36). The first-order valence-electron chi connectivity index (χ1n) is 11.0. The van der Waals surface area contributed by atoms with Gasteiger partial charge in [-0.25, -0.2) is 4.98 Å². The van der Waals surface area contributed by atoms with Crippen molar-refractivity contribution in [2.75, 3.05) is 10.6 Å². The number of nitrogens with one attached hydrogen (secondary N) is 2. The van der Waals surface area contributed by atoms with Gasteiger partial charge in [0.05, 0.1) is 28.0 Å². The number of amides is 1. The molecule has 176 valence electrons. The minimum Gasteiger partial charge on any atom is -0.507 e. The van der Waals surface area contributed by atoms with Crippen molar-refractivity contribution in [1.82, 2.24) is 14.6 Å². The molecule has 2 heterocycles. The zero-order chi connectivity index (χ0) is 25.1. The fourth-order valence-electron chi connectivity index (χ4n) is 3.74. The Hall–Kier alpha value is -4.68. The Morgan fingerprint density at radius 2 is 1.86 bits per heavy atom. The molecule has 2 aromatic heterocycles. The van der Waals surface area contributed by atoms with Gasteiger partial charge in [-0.15, -0.1) is 0 Å². The van der Waals surface area contributed by atoms with Crippen molar-refractivity contribution in [2.24, 2.45) is 0 Å². The van der Waals surface area contributed by atoms with Crippen molar-refractivity contribution >= 4 is 39.0 Å². The number of carbonyl (C=O) groups excluding carboxylic acids is 1. The van der Waals surface area contributed by atoms with Gasteiger partial charge in [0.1, 0.15) is 11.6 Å². The van der Waals surface area contributed by atoms with Crippen LogP contribution in [-0.2, 0) is 6.54 Å². The fraction of sp³-hybridized carbons (Fsp3) is 0.0370. The SMILES string of the molecule is N#Cc1ccc(C(=O)Nc2cccc(CNc3cc(-c4ccccc4O)nc4c(Br)cnn34)c2)cc1. The lowest BCUT2D eigenvalue weighted by Crippen LogP contribution is -2.12.